The van der Waals surface area contributed by atoms with Crippen molar-refractivity contribution in [1.29, 1.82) is 0 Å². The molecule has 2 aliphatic rings. The van der Waals surface area contributed by atoms with Crippen molar-refractivity contribution in [2.45, 2.75) is 18.9 Å². The number of hydrogen-bond donors (Lipinski definition) is 0. The Balaban J connectivity index is 1.44. The van der Waals surface area contributed by atoms with E-state index in [2.05, 4.69) is 20.1 Å². The lowest BCUT2D eigenvalue weighted by molar-refractivity contribution is -0.143. The minimum atomic E-state index is -5.04. The lowest BCUT2D eigenvalue weighted by Crippen LogP contribution is -2.14. The summed E-state index contributed by atoms with van der Waals surface area (Å²) in [6.45, 7) is -0.0402. The maximum atomic E-state index is 14.1. The fourth-order valence-corrected chi connectivity index (χ4v) is 3.65. The molecule has 14 heteroatoms. The second-order valence-electron chi connectivity index (χ2n) is 7.89. The van der Waals surface area contributed by atoms with E-state index in [0.29, 0.717) is 11.8 Å². The van der Waals surface area contributed by atoms with Crippen LogP contribution in [0.4, 0.5) is 35.1 Å². The van der Waals surface area contributed by atoms with E-state index in [1.807, 2.05) is 0 Å². The zero-order chi connectivity index (χ0) is 26.5. The van der Waals surface area contributed by atoms with E-state index in [4.69, 9.17) is 0 Å². The Labute approximate surface area is 202 Å². The molecule has 5 rings (SSSR count). The number of nitrogens with zero attached hydrogens (tertiary/aromatic N) is 6. The molecule has 0 radical (unpaired) electrons. The van der Waals surface area contributed by atoms with Gasteiger partial charge >= 0.3 is 12.4 Å². The van der Waals surface area contributed by atoms with Crippen molar-refractivity contribution in [3.63, 3.8) is 0 Å². The summed E-state index contributed by atoms with van der Waals surface area (Å²) in [7, 11) is 0. The number of aromatic nitrogens is 6. The number of hydrogen-bond acceptors (Lipinski definition) is 4. The van der Waals surface area contributed by atoms with E-state index < -0.39 is 40.8 Å². The maximum absolute atomic E-state index is 14.1. The lowest BCUT2D eigenvalue weighted by atomic mass is 10.1. The van der Waals surface area contributed by atoms with Crippen LogP contribution in [-0.2, 0) is 18.9 Å². The fourth-order valence-electron chi connectivity index (χ4n) is 3.65. The molecule has 2 aromatic carbocycles. The highest BCUT2D eigenvalue weighted by atomic mass is 19.4. The number of fused-ring (bicyclic) bond motifs is 1. The van der Waals surface area contributed by atoms with Crippen LogP contribution in [0.5, 0.6) is 0 Å². The van der Waals surface area contributed by atoms with Crippen LogP contribution < -0.4 is 0 Å². The number of alkyl halides is 6. The van der Waals surface area contributed by atoms with E-state index in [9.17, 15) is 35.1 Å². The van der Waals surface area contributed by atoms with Gasteiger partial charge in [-0.15, -0.1) is 0 Å². The molecular formula is C23H12F8N6. The van der Waals surface area contributed by atoms with Gasteiger partial charge in [-0.25, -0.2) is 23.7 Å². The highest BCUT2D eigenvalue weighted by Crippen LogP contribution is 2.38. The molecule has 6 nitrogen and oxygen atoms in total. The third-order valence-electron chi connectivity index (χ3n) is 5.37. The van der Waals surface area contributed by atoms with E-state index in [1.54, 1.807) is 0 Å². The van der Waals surface area contributed by atoms with Gasteiger partial charge in [-0.1, -0.05) is 6.07 Å². The van der Waals surface area contributed by atoms with Gasteiger partial charge in [0.1, 0.15) is 11.4 Å². The van der Waals surface area contributed by atoms with Crippen molar-refractivity contribution in [1.82, 2.24) is 29.3 Å². The third-order valence-corrected chi connectivity index (χ3v) is 5.37. The molecule has 1 aromatic heterocycles. The maximum Gasteiger partial charge on any atom is 0.418 e. The van der Waals surface area contributed by atoms with Crippen molar-refractivity contribution in [2.24, 2.45) is 0 Å². The largest absolute Gasteiger partial charge is 0.418 e. The van der Waals surface area contributed by atoms with Crippen molar-refractivity contribution in [3.8, 4) is 28.5 Å². The van der Waals surface area contributed by atoms with Crippen LogP contribution in [0.25, 0.3) is 28.5 Å². The summed E-state index contributed by atoms with van der Waals surface area (Å²) in [5.74, 6) is -2.22. The Morgan fingerprint density at radius 3 is 2.32 bits per heavy atom. The lowest BCUT2D eigenvalue weighted by Gasteiger charge is -2.16. The number of benzene rings is 2. The predicted molar refractivity (Wildman–Crippen MR) is 112 cm³/mol. The molecule has 0 saturated carbocycles. The normalized spacial score (nSPS) is 12.4. The van der Waals surface area contributed by atoms with Crippen LogP contribution in [-0.4, -0.2) is 29.3 Å². The summed E-state index contributed by atoms with van der Waals surface area (Å²) in [6, 6.07) is 4.91. The number of rotatable bonds is 4. The second-order valence-corrected chi connectivity index (χ2v) is 7.89. The van der Waals surface area contributed by atoms with Gasteiger partial charge in [-0.05, 0) is 30.3 Å². The minimum Gasteiger partial charge on any atom is -0.305 e. The first kappa shape index (κ1) is 24.3. The van der Waals surface area contributed by atoms with E-state index in [0.717, 1.165) is 23.0 Å². The summed E-state index contributed by atoms with van der Waals surface area (Å²) in [4.78, 5) is 12.3. The van der Waals surface area contributed by atoms with E-state index in [-0.39, 0.29) is 35.4 Å². The summed E-state index contributed by atoms with van der Waals surface area (Å²) in [5, 5.41) is 4.12. The van der Waals surface area contributed by atoms with Gasteiger partial charge in [0, 0.05) is 6.20 Å². The quantitative estimate of drug-likeness (QED) is 0.271. The zero-order valence-electron chi connectivity index (χ0n) is 18.2. The molecule has 0 unspecified atom stereocenters. The topological polar surface area (TPSA) is 61.4 Å². The molecule has 190 valence electrons. The highest BCUT2D eigenvalue weighted by molar-refractivity contribution is 5.65. The van der Waals surface area contributed by atoms with Crippen LogP contribution in [0.2, 0.25) is 0 Å². The SMILES string of the molecule is Fc1cccc(-c2nc3cnn(Cc4cn(-c5ccc(C(F)(F)F)cc5C(F)(F)F)cn4)cc-3n2)c1F. The average Bonchev–Trinajstić information content (AvgIpc) is 3.46. The van der Waals surface area contributed by atoms with Crippen molar-refractivity contribution in [2.75, 3.05) is 0 Å². The van der Waals surface area contributed by atoms with Gasteiger partial charge in [-0.2, -0.15) is 31.4 Å². The Morgan fingerprint density at radius 2 is 1.59 bits per heavy atom. The van der Waals surface area contributed by atoms with Gasteiger partial charge in [0.05, 0.1) is 53.3 Å². The first-order valence-corrected chi connectivity index (χ1v) is 10.4. The van der Waals surface area contributed by atoms with Crippen LogP contribution in [0, 0.1) is 11.6 Å². The van der Waals surface area contributed by atoms with Crippen LogP contribution in [0.15, 0.2) is 61.3 Å². The zero-order valence-corrected chi connectivity index (χ0v) is 18.2. The first-order chi connectivity index (χ1) is 17.4. The molecule has 0 fully saturated rings. The average molecular weight is 524 g/mol. The predicted octanol–water partition coefficient (Wildman–Crippen LogP) is 5.99. The molecule has 0 aliphatic carbocycles. The Kier molecular flexibility index (Phi) is 5.68. The Hall–Kier alpha value is -4.36. The molecule has 2 aliphatic heterocycles. The molecule has 3 aromatic rings. The molecule has 0 bridgehead atoms. The minimum absolute atomic E-state index is 0.0402. The number of imidazole rings is 2. The third kappa shape index (κ3) is 4.73. The molecular weight excluding hydrogens is 512 g/mol. The summed E-state index contributed by atoms with van der Waals surface area (Å²) < 4.78 is 109. The van der Waals surface area contributed by atoms with Crippen LogP contribution in [0.1, 0.15) is 16.8 Å². The summed E-state index contributed by atoms with van der Waals surface area (Å²) >= 11 is 0. The van der Waals surface area contributed by atoms with Crippen LogP contribution >= 0.6 is 0 Å². The van der Waals surface area contributed by atoms with Crippen LogP contribution in [0.3, 0.4) is 0 Å². The van der Waals surface area contributed by atoms with Gasteiger partial charge in [0.15, 0.2) is 17.5 Å². The van der Waals surface area contributed by atoms with Gasteiger partial charge < -0.3 is 4.57 Å². The number of halogens is 8. The standard InChI is InChI=1S/C23H12F8N6/c24-16-3-1-2-14(20(16)25)21-34-17-7-33-37(10-18(17)35-21)9-13-8-36(11-32-13)19-5-4-12(22(26,27)28)6-15(19)23(29,30)31/h1-8,10-11H,9H2. The van der Waals surface area contributed by atoms with Gasteiger partial charge in [0.2, 0.25) is 0 Å². The van der Waals surface area contributed by atoms with Crippen molar-refractivity contribution < 1.29 is 35.1 Å². The fraction of sp³-hybridized carbons (Fsp3) is 0.130. The first-order valence-electron chi connectivity index (χ1n) is 10.4. The van der Waals surface area contributed by atoms with Crippen molar-refractivity contribution >= 4 is 0 Å². The Bertz CT molecular complexity index is 1570. The molecule has 0 N–H and O–H groups in total. The second kappa shape index (κ2) is 8.64. The monoisotopic (exact) mass is 524 g/mol. The molecule has 0 saturated heterocycles. The van der Waals surface area contributed by atoms with E-state index >= 15 is 0 Å². The van der Waals surface area contributed by atoms with Gasteiger partial charge in [0.25, 0.3) is 0 Å². The molecule has 37 heavy (non-hydrogen) atoms. The molecule has 0 atom stereocenters. The summed E-state index contributed by atoms with van der Waals surface area (Å²) in [5.41, 5.74) is -2.75. The highest BCUT2D eigenvalue weighted by Gasteiger charge is 2.38. The smallest absolute Gasteiger partial charge is 0.305 e. The summed E-state index contributed by atoms with van der Waals surface area (Å²) in [6.07, 6.45) is -4.97. The van der Waals surface area contributed by atoms with Gasteiger partial charge in [-0.3, -0.25) is 4.68 Å². The molecule has 0 spiro atoms. The van der Waals surface area contributed by atoms with Crippen molar-refractivity contribution in [3.05, 3.63) is 89.8 Å². The van der Waals surface area contributed by atoms with E-state index in [1.165, 1.54) is 35.4 Å². The molecule has 3 heterocycles. The molecule has 0 amide bonds. The Morgan fingerprint density at radius 1 is 0.838 bits per heavy atom.